The fraction of sp³-hybridized carbons (Fsp3) is 0.529. The second-order valence-electron chi connectivity index (χ2n) is 11.4. The number of carbonyl (C=O) groups excluding carboxylic acids is 2. The van der Waals surface area contributed by atoms with Crippen molar-refractivity contribution in [1.82, 2.24) is 24.6 Å². The Kier molecular flexibility index (Phi) is 12.5. The molecule has 1 aliphatic heterocycles. The molecule has 2 amide bonds. The summed E-state index contributed by atoms with van der Waals surface area (Å²) in [5.41, 5.74) is 3.49. The predicted octanol–water partition coefficient (Wildman–Crippen LogP) is 6.85. The zero-order chi connectivity index (χ0) is 29.7. The number of nitrogens with zero attached hydrogens (tertiary/aromatic N) is 5. The molecule has 0 aliphatic carbocycles. The maximum atomic E-state index is 13.0. The molecular formula is C34H47N5O2S. The van der Waals surface area contributed by atoms with Crippen LogP contribution in [0.25, 0.3) is 5.69 Å². The van der Waals surface area contributed by atoms with E-state index in [0.717, 1.165) is 48.1 Å². The largest absolute Gasteiger partial charge is 0.339 e. The summed E-state index contributed by atoms with van der Waals surface area (Å²) in [6.45, 7) is 8.32. The summed E-state index contributed by atoms with van der Waals surface area (Å²) in [5.74, 6) is 2.25. The maximum Gasteiger partial charge on any atom is 0.222 e. The van der Waals surface area contributed by atoms with Crippen molar-refractivity contribution in [3.63, 3.8) is 0 Å². The summed E-state index contributed by atoms with van der Waals surface area (Å²) in [6, 6.07) is 18.8. The standard InChI is InChI=1S/C34H47N5O2S/c1-4-5-6-7-11-21-33(41)38-23-22-37(26-28(38)3)32(40)20-14-15-24-42-34-36-35-31(25-29-17-9-8-10-18-29)39(34)30-19-13-12-16-27(30)2/h8-10,12-13,16-19,28H,4-7,11,14-15,20-26H2,1-3H3. The summed E-state index contributed by atoms with van der Waals surface area (Å²) in [7, 11) is 0. The first kappa shape index (κ1) is 31.8. The summed E-state index contributed by atoms with van der Waals surface area (Å²) < 4.78 is 2.19. The Bertz CT molecular complexity index is 1280. The first-order valence-corrected chi connectivity index (χ1v) is 16.7. The number of hydrogen-bond donors (Lipinski definition) is 0. The fourth-order valence-corrected chi connectivity index (χ4v) is 6.58. The van der Waals surface area contributed by atoms with Crippen LogP contribution in [0.2, 0.25) is 0 Å². The molecule has 1 aliphatic rings. The molecule has 1 atom stereocenters. The quantitative estimate of drug-likeness (QED) is 0.143. The number of para-hydroxylation sites is 1. The molecule has 3 aromatic rings. The van der Waals surface area contributed by atoms with E-state index in [-0.39, 0.29) is 17.9 Å². The second kappa shape index (κ2) is 16.5. The fourth-order valence-electron chi connectivity index (χ4n) is 5.62. The molecule has 2 aromatic carbocycles. The van der Waals surface area contributed by atoms with E-state index in [0.29, 0.717) is 38.9 Å². The number of benzene rings is 2. The van der Waals surface area contributed by atoms with E-state index in [2.05, 4.69) is 84.1 Å². The number of amides is 2. The van der Waals surface area contributed by atoms with Crippen LogP contribution in [0.1, 0.15) is 88.6 Å². The Morgan fingerprint density at radius 3 is 2.33 bits per heavy atom. The minimum atomic E-state index is 0.0827. The molecule has 0 saturated carbocycles. The molecule has 2 heterocycles. The third-order valence-corrected chi connectivity index (χ3v) is 9.09. The molecule has 1 fully saturated rings. The average Bonchev–Trinajstić information content (AvgIpc) is 3.39. The van der Waals surface area contributed by atoms with Gasteiger partial charge in [0.1, 0.15) is 5.82 Å². The van der Waals surface area contributed by atoms with Crippen molar-refractivity contribution < 1.29 is 9.59 Å². The van der Waals surface area contributed by atoms with Crippen molar-refractivity contribution in [2.75, 3.05) is 25.4 Å². The van der Waals surface area contributed by atoms with Crippen molar-refractivity contribution in [1.29, 1.82) is 0 Å². The third-order valence-electron chi connectivity index (χ3n) is 8.07. The van der Waals surface area contributed by atoms with Gasteiger partial charge >= 0.3 is 0 Å². The maximum absolute atomic E-state index is 13.0. The van der Waals surface area contributed by atoms with Crippen molar-refractivity contribution in [3.8, 4) is 5.69 Å². The molecule has 1 saturated heterocycles. The van der Waals surface area contributed by atoms with Gasteiger partial charge in [-0.15, -0.1) is 10.2 Å². The normalized spacial score (nSPS) is 15.3. The molecular weight excluding hydrogens is 542 g/mol. The smallest absolute Gasteiger partial charge is 0.222 e. The van der Waals surface area contributed by atoms with Gasteiger partial charge < -0.3 is 9.80 Å². The number of thioether (sulfide) groups is 1. The Hall–Kier alpha value is -3.13. The molecule has 1 unspecified atom stereocenters. The highest BCUT2D eigenvalue weighted by Gasteiger charge is 2.29. The first-order chi connectivity index (χ1) is 20.5. The SMILES string of the molecule is CCCCCCCC(=O)N1CCN(C(=O)CCCCSc2nnc(Cc3ccccc3)n2-c2ccccc2C)CC1C. The highest BCUT2D eigenvalue weighted by molar-refractivity contribution is 7.99. The van der Waals surface area contributed by atoms with Gasteiger partial charge in [-0.1, -0.05) is 92.9 Å². The number of piperazine rings is 1. The minimum absolute atomic E-state index is 0.0827. The van der Waals surface area contributed by atoms with E-state index in [9.17, 15) is 9.59 Å². The van der Waals surface area contributed by atoms with Crippen LogP contribution in [-0.2, 0) is 16.0 Å². The van der Waals surface area contributed by atoms with Gasteiger partial charge in [0.15, 0.2) is 5.16 Å². The number of unbranched alkanes of at least 4 members (excludes halogenated alkanes) is 5. The monoisotopic (exact) mass is 589 g/mol. The van der Waals surface area contributed by atoms with Crippen LogP contribution in [0, 0.1) is 6.92 Å². The minimum Gasteiger partial charge on any atom is -0.339 e. The van der Waals surface area contributed by atoms with Crippen molar-refractivity contribution in [2.45, 2.75) is 96.2 Å². The molecule has 4 rings (SSSR count). The van der Waals surface area contributed by atoms with Gasteiger partial charge in [0.25, 0.3) is 0 Å². The van der Waals surface area contributed by atoms with E-state index < -0.39 is 0 Å². The molecule has 1 aromatic heterocycles. The Balaban J connectivity index is 1.23. The average molecular weight is 590 g/mol. The van der Waals surface area contributed by atoms with Crippen LogP contribution in [0.3, 0.4) is 0 Å². The van der Waals surface area contributed by atoms with Gasteiger partial charge in [-0.25, -0.2) is 0 Å². The summed E-state index contributed by atoms with van der Waals surface area (Å²) in [4.78, 5) is 29.6. The summed E-state index contributed by atoms with van der Waals surface area (Å²) in [6.07, 6.45) is 9.43. The number of rotatable bonds is 15. The third kappa shape index (κ3) is 8.93. The lowest BCUT2D eigenvalue weighted by Crippen LogP contribution is -2.55. The van der Waals surface area contributed by atoms with Crippen molar-refractivity contribution in [3.05, 3.63) is 71.5 Å². The molecule has 7 nitrogen and oxygen atoms in total. The van der Waals surface area contributed by atoms with Crippen molar-refractivity contribution in [2.24, 2.45) is 0 Å². The Morgan fingerprint density at radius 1 is 0.857 bits per heavy atom. The zero-order valence-electron chi connectivity index (χ0n) is 25.6. The van der Waals surface area contributed by atoms with E-state index in [1.165, 1.54) is 30.4 Å². The number of aryl methyl sites for hydroxylation is 1. The van der Waals surface area contributed by atoms with Crippen LogP contribution in [0.5, 0.6) is 0 Å². The van der Waals surface area contributed by atoms with Crippen LogP contribution in [0.15, 0.2) is 59.8 Å². The Labute approximate surface area is 256 Å². The molecule has 8 heteroatoms. The van der Waals surface area contributed by atoms with Crippen molar-refractivity contribution >= 4 is 23.6 Å². The molecule has 0 bridgehead atoms. The molecule has 42 heavy (non-hydrogen) atoms. The van der Waals surface area contributed by atoms with E-state index in [4.69, 9.17) is 0 Å². The van der Waals surface area contributed by atoms with Crippen LogP contribution in [-0.4, -0.2) is 67.8 Å². The number of aromatic nitrogens is 3. The number of hydrogen-bond acceptors (Lipinski definition) is 5. The van der Waals surface area contributed by atoms with Crippen LogP contribution >= 0.6 is 11.8 Å². The summed E-state index contributed by atoms with van der Waals surface area (Å²) in [5, 5.41) is 10.0. The van der Waals surface area contributed by atoms with E-state index >= 15 is 0 Å². The van der Waals surface area contributed by atoms with E-state index in [1.54, 1.807) is 11.8 Å². The van der Waals surface area contributed by atoms with Crippen LogP contribution < -0.4 is 0 Å². The first-order valence-electron chi connectivity index (χ1n) is 15.7. The van der Waals surface area contributed by atoms with Gasteiger partial charge in [0.05, 0.1) is 5.69 Å². The second-order valence-corrected chi connectivity index (χ2v) is 12.5. The van der Waals surface area contributed by atoms with Gasteiger partial charge in [-0.3, -0.25) is 14.2 Å². The van der Waals surface area contributed by atoms with Gasteiger partial charge in [0.2, 0.25) is 11.8 Å². The lowest BCUT2D eigenvalue weighted by molar-refractivity contribution is -0.142. The highest BCUT2D eigenvalue weighted by Crippen LogP contribution is 2.26. The Morgan fingerprint density at radius 2 is 1.57 bits per heavy atom. The lowest BCUT2D eigenvalue weighted by atomic mass is 10.1. The van der Waals surface area contributed by atoms with Gasteiger partial charge in [0, 0.05) is 50.7 Å². The number of carbonyl (C=O) groups is 2. The predicted molar refractivity (Wildman–Crippen MR) is 171 cm³/mol. The van der Waals surface area contributed by atoms with Crippen LogP contribution in [0.4, 0.5) is 0 Å². The van der Waals surface area contributed by atoms with E-state index in [1.807, 2.05) is 15.9 Å². The molecule has 0 radical (unpaired) electrons. The molecule has 0 spiro atoms. The molecule has 226 valence electrons. The lowest BCUT2D eigenvalue weighted by Gasteiger charge is -2.40. The summed E-state index contributed by atoms with van der Waals surface area (Å²) >= 11 is 1.70. The molecule has 0 N–H and O–H groups in total. The topological polar surface area (TPSA) is 71.3 Å². The highest BCUT2D eigenvalue weighted by atomic mass is 32.2. The van der Waals surface area contributed by atoms with Gasteiger partial charge in [-0.05, 0) is 50.3 Å². The zero-order valence-corrected chi connectivity index (χ0v) is 26.5. The van der Waals surface area contributed by atoms with Gasteiger partial charge in [-0.2, -0.15) is 0 Å².